The van der Waals surface area contributed by atoms with Crippen molar-refractivity contribution in [2.24, 2.45) is 5.92 Å². The molecular weight excluding hydrogens is 520 g/mol. The molecule has 1 saturated heterocycles. The molecule has 4 rings (SSSR count). The number of nitrogens with zero attached hydrogens (tertiary/aromatic N) is 2. The van der Waals surface area contributed by atoms with Crippen molar-refractivity contribution in [3.8, 4) is 11.5 Å². The molecule has 0 spiro atoms. The molecule has 1 aromatic carbocycles. The molecule has 0 amide bonds. The van der Waals surface area contributed by atoms with Crippen molar-refractivity contribution in [1.29, 1.82) is 0 Å². The number of piperidine rings is 1. The molecule has 1 unspecified atom stereocenters. The predicted molar refractivity (Wildman–Crippen MR) is 175 cm³/mol. The molecule has 42 heavy (non-hydrogen) atoms. The van der Waals surface area contributed by atoms with Gasteiger partial charge >= 0.3 is 5.97 Å². The lowest BCUT2D eigenvalue weighted by atomic mass is 9.76. The predicted octanol–water partition coefficient (Wildman–Crippen LogP) is 8.60. The van der Waals surface area contributed by atoms with Crippen LogP contribution in [-0.2, 0) is 11.2 Å². The van der Waals surface area contributed by atoms with Crippen LogP contribution in [0.2, 0.25) is 0 Å². The van der Waals surface area contributed by atoms with E-state index in [1.165, 1.54) is 61.7 Å². The Morgan fingerprint density at radius 2 is 1.83 bits per heavy atom. The number of fused-ring (bicyclic) bond motifs is 2. The van der Waals surface area contributed by atoms with Crippen LogP contribution >= 0.6 is 0 Å². The van der Waals surface area contributed by atoms with E-state index in [9.17, 15) is 4.79 Å². The Morgan fingerprint density at radius 3 is 2.55 bits per heavy atom. The van der Waals surface area contributed by atoms with Gasteiger partial charge in [-0.2, -0.15) is 0 Å². The summed E-state index contributed by atoms with van der Waals surface area (Å²) in [7, 11) is 0. The zero-order valence-corrected chi connectivity index (χ0v) is 27.3. The largest absolute Gasteiger partial charge is 0.482 e. The lowest BCUT2D eigenvalue weighted by molar-refractivity contribution is -0.134. The van der Waals surface area contributed by atoms with E-state index in [1.807, 2.05) is 6.08 Å². The third kappa shape index (κ3) is 8.29. The van der Waals surface area contributed by atoms with Crippen molar-refractivity contribution in [3.63, 3.8) is 0 Å². The average molecular weight is 579 g/mol. The summed E-state index contributed by atoms with van der Waals surface area (Å²) in [6.07, 6.45) is 17.3. The van der Waals surface area contributed by atoms with Crippen molar-refractivity contribution in [2.45, 2.75) is 123 Å². The highest BCUT2D eigenvalue weighted by molar-refractivity contribution is 5.85. The van der Waals surface area contributed by atoms with Crippen LogP contribution in [0.3, 0.4) is 0 Å². The normalized spacial score (nSPS) is 19.5. The summed E-state index contributed by atoms with van der Waals surface area (Å²) in [4.78, 5) is 18.3. The number of ether oxygens (including phenoxy) is 2. The Kier molecular flexibility index (Phi) is 12.6. The average Bonchev–Trinajstić information content (AvgIpc) is 3.00. The van der Waals surface area contributed by atoms with Gasteiger partial charge in [-0.25, -0.2) is 0 Å². The summed E-state index contributed by atoms with van der Waals surface area (Å²) in [5.41, 5.74) is 4.66. The smallest absolute Gasteiger partial charge is 0.311 e. The van der Waals surface area contributed by atoms with Gasteiger partial charge in [0.25, 0.3) is 0 Å². The van der Waals surface area contributed by atoms with E-state index in [1.54, 1.807) is 0 Å². The molecule has 3 heterocycles. The molecule has 0 bridgehead atoms. The Balaban J connectivity index is 1.61. The number of esters is 1. The maximum atomic E-state index is 13.3. The summed E-state index contributed by atoms with van der Waals surface area (Å²) < 4.78 is 13.3. The number of carbonyl (C=O) groups excluding carboxylic acids is 1. The van der Waals surface area contributed by atoms with E-state index < -0.39 is 0 Å². The van der Waals surface area contributed by atoms with Gasteiger partial charge in [-0.3, -0.25) is 9.69 Å². The van der Waals surface area contributed by atoms with Gasteiger partial charge in [-0.1, -0.05) is 65.9 Å². The van der Waals surface area contributed by atoms with Crippen molar-refractivity contribution in [3.05, 3.63) is 41.5 Å². The minimum Gasteiger partial charge on any atom is -0.482 e. The molecule has 0 N–H and O–H groups in total. The second-order valence-corrected chi connectivity index (χ2v) is 13.1. The van der Waals surface area contributed by atoms with Gasteiger partial charge in [0.1, 0.15) is 17.1 Å². The highest BCUT2D eigenvalue weighted by Gasteiger charge is 2.43. The zero-order valence-electron chi connectivity index (χ0n) is 27.3. The summed E-state index contributed by atoms with van der Waals surface area (Å²) in [5, 5.41) is 0. The van der Waals surface area contributed by atoms with E-state index in [0.29, 0.717) is 18.1 Å². The third-order valence-corrected chi connectivity index (χ3v) is 9.99. The molecule has 5 heteroatoms. The number of benzene rings is 1. The Bertz CT molecular complexity index is 1070. The Morgan fingerprint density at radius 1 is 1.05 bits per heavy atom. The topological polar surface area (TPSA) is 42.0 Å². The molecule has 3 aliphatic heterocycles. The summed E-state index contributed by atoms with van der Waals surface area (Å²) in [5.74, 6) is 2.17. The van der Waals surface area contributed by atoms with E-state index in [4.69, 9.17) is 9.47 Å². The third-order valence-electron chi connectivity index (χ3n) is 9.99. The van der Waals surface area contributed by atoms with Crippen LogP contribution in [0.25, 0.3) is 5.57 Å². The Labute approximate surface area is 256 Å². The lowest BCUT2D eigenvalue weighted by Gasteiger charge is -2.45. The SMILES string of the molecule is C=CCN1CCC2=C(C1)c1c(OC(=O)CCCN3CCCCC3)cc(CCC(C)CCCCC)cc1OC2(CC)CC. The van der Waals surface area contributed by atoms with Crippen LogP contribution in [0.15, 0.2) is 30.4 Å². The van der Waals surface area contributed by atoms with Crippen molar-refractivity contribution in [1.82, 2.24) is 9.80 Å². The second kappa shape index (κ2) is 16.1. The molecular formula is C37H58N2O3. The maximum Gasteiger partial charge on any atom is 0.311 e. The number of unbranched alkanes of at least 4 members (excludes halogenated alkanes) is 2. The molecule has 0 aliphatic carbocycles. The van der Waals surface area contributed by atoms with Gasteiger partial charge in [0, 0.05) is 26.1 Å². The fourth-order valence-corrected chi connectivity index (χ4v) is 7.33. The monoisotopic (exact) mass is 578 g/mol. The molecule has 0 saturated carbocycles. The first kappa shape index (κ1) is 32.8. The minimum absolute atomic E-state index is 0.122. The summed E-state index contributed by atoms with van der Waals surface area (Å²) in [6, 6.07) is 4.42. The van der Waals surface area contributed by atoms with E-state index in [0.717, 1.165) is 89.1 Å². The summed E-state index contributed by atoms with van der Waals surface area (Å²) >= 11 is 0. The van der Waals surface area contributed by atoms with E-state index in [-0.39, 0.29) is 11.6 Å². The second-order valence-electron chi connectivity index (χ2n) is 13.1. The molecule has 1 fully saturated rings. The Hall–Kier alpha value is -2.11. The summed E-state index contributed by atoms with van der Waals surface area (Å²) in [6.45, 7) is 19.1. The number of rotatable bonds is 16. The van der Waals surface area contributed by atoms with E-state index >= 15 is 0 Å². The van der Waals surface area contributed by atoms with Gasteiger partial charge in [0.05, 0.1) is 5.56 Å². The van der Waals surface area contributed by atoms with Crippen molar-refractivity contribution < 1.29 is 14.3 Å². The first-order chi connectivity index (χ1) is 20.4. The lowest BCUT2D eigenvalue weighted by Crippen LogP contribution is -2.45. The molecule has 5 nitrogen and oxygen atoms in total. The number of hydrogen-bond donors (Lipinski definition) is 0. The first-order valence-electron chi connectivity index (χ1n) is 17.3. The van der Waals surface area contributed by atoms with Crippen LogP contribution in [-0.4, -0.2) is 60.6 Å². The van der Waals surface area contributed by atoms with Crippen molar-refractivity contribution in [2.75, 3.05) is 39.3 Å². The van der Waals surface area contributed by atoms with Crippen LogP contribution in [0.5, 0.6) is 11.5 Å². The van der Waals surface area contributed by atoms with Crippen LogP contribution in [0.4, 0.5) is 0 Å². The number of hydrogen-bond acceptors (Lipinski definition) is 5. The standard InChI is InChI=1S/C37H58N2O3/c1-6-10-12-16-29(5)18-19-30-26-33(41-35(40)17-15-24-38-22-13-11-14-23-38)36-31-28-39(21-7-2)25-20-32(31)37(8-3,9-4)42-34(36)27-30/h7,26-27,29H,2,6,8-25,28H2,1,3-5H3. The van der Waals surface area contributed by atoms with Gasteiger partial charge in [0.15, 0.2) is 0 Å². The quantitative estimate of drug-likeness (QED) is 0.0850. The fourth-order valence-electron chi connectivity index (χ4n) is 7.33. The van der Waals surface area contributed by atoms with Crippen LogP contribution in [0.1, 0.15) is 122 Å². The van der Waals surface area contributed by atoms with Gasteiger partial charge < -0.3 is 14.4 Å². The van der Waals surface area contributed by atoms with E-state index in [2.05, 4.69) is 56.2 Å². The van der Waals surface area contributed by atoms with Gasteiger partial charge in [0.2, 0.25) is 0 Å². The molecule has 1 atom stereocenters. The minimum atomic E-state index is -0.287. The van der Waals surface area contributed by atoms with Crippen LogP contribution in [0, 0.1) is 5.92 Å². The molecule has 1 aromatic rings. The molecule has 0 aromatic heterocycles. The van der Waals surface area contributed by atoms with Crippen molar-refractivity contribution >= 4 is 11.5 Å². The first-order valence-corrected chi connectivity index (χ1v) is 17.3. The van der Waals surface area contributed by atoms with Crippen LogP contribution < -0.4 is 9.47 Å². The number of likely N-dealkylation sites (tertiary alicyclic amines) is 1. The van der Waals surface area contributed by atoms with Gasteiger partial charge in [-0.05, 0) is 106 Å². The number of aryl methyl sites for hydroxylation is 1. The molecule has 3 aliphatic rings. The molecule has 0 radical (unpaired) electrons. The maximum absolute atomic E-state index is 13.3. The number of carbonyl (C=O) groups is 1. The highest BCUT2D eigenvalue weighted by Crippen LogP contribution is 2.51. The van der Waals surface area contributed by atoms with Gasteiger partial charge in [-0.15, -0.1) is 6.58 Å². The molecule has 234 valence electrons. The fraction of sp³-hybridized carbons (Fsp3) is 0.703. The zero-order chi connectivity index (χ0) is 30.0. The highest BCUT2D eigenvalue weighted by atomic mass is 16.5.